The van der Waals surface area contributed by atoms with E-state index < -0.39 is 112 Å². The molecule has 0 aliphatic heterocycles. The lowest BCUT2D eigenvalue weighted by atomic mass is 9.70. The number of aliphatic hydroxyl groups excluding tert-OH is 8. The molecule has 0 aromatic carbocycles. The number of hydrogen-bond donors (Lipinski definition) is 12. The highest BCUT2D eigenvalue weighted by Gasteiger charge is 2.38. The number of aliphatic carboxylic acids is 4. The quantitative estimate of drug-likeness (QED) is 0.0688. The lowest BCUT2D eigenvalue weighted by Gasteiger charge is -2.33. The van der Waals surface area contributed by atoms with E-state index >= 15 is 0 Å². The van der Waals surface area contributed by atoms with Gasteiger partial charge in [-0.1, -0.05) is 6.58 Å². The molecule has 0 atom stereocenters. The zero-order valence-corrected chi connectivity index (χ0v) is 21.6. The second-order valence-electron chi connectivity index (χ2n) is 9.01. The average molecular weight is 575 g/mol. The molecule has 0 fully saturated rings. The number of hydrogen-bond acceptors (Lipinski definition) is 12. The van der Waals surface area contributed by atoms with E-state index in [1.165, 1.54) is 0 Å². The molecule has 0 aromatic heterocycles. The predicted octanol–water partition coefficient (Wildman–Crippen LogP) is -2.91. The molecule has 0 amide bonds. The number of carbonyl (C=O) groups is 4. The Kier molecular flexibility index (Phi) is 22.1. The minimum atomic E-state index is -1.39. The second kappa shape index (κ2) is 21.2. The summed E-state index contributed by atoms with van der Waals surface area (Å²) in [5, 5.41) is 103. The van der Waals surface area contributed by atoms with E-state index in [4.69, 9.17) is 61.3 Å². The van der Waals surface area contributed by atoms with E-state index in [0.717, 1.165) is 0 Å². The van der Waals surface area contributed by atoms with Crippen molar-refractivity contribution >= 4 is 23.9 Å². The molecule has 0 radical (unpaired) electrons. The number of carboxylic acids is 4. The van der Waals surface area contributed by atoms with Crippen molar-refractivity contribution in [2.24, 2.45) is 16.2 Å². The highest BCUT2D eigenvalue weighted by atomic mass is 16.4. The van der Waals surface area contributed by atoms with Crippen molar-refractivity contribution in [2.75, 3.05) is 52.9 Å². The van der Waals surface area contributed by atoms with Gasteiger partial charge < -0.3 is 61.3 Å². The van der Waals surface area contributed by atoms with Crippen molar-refractivity contribution in [3.05, 3.63) is 12.2 Å². The van der Waals surface area contributed by atoms with Crippen molar-refractivity contribution in [2.45, 2.75) is 38.5 Å². The fourth-order valence-corrected chi connectivity index (χ4v) is 2.69. The fraction of sp³-hybridized carbons (Fsp3) is 0.739. The van der Waals surface area contributed by atoms with Crippen molar-refractivity contribution in [3.63, 3.8) is 0 Å². The summed E-state index contributed by atoms with van der Waals surface area (Å²) in [5.41, 5.74) is -3.94. The Balaban J connectivity index is -0.000000592. The molecule has 230 valence electrons. The van der Waals surface area contributed by atoms with Gasteiger partial charge in [-0.25, -0.2) is 4.79 Å². The van der Waals surface area contributed by atoms with Gasteiger partial charge in [0.05, 0.1) is 63.7 Å². The van der Waals surface area contributed by atoms with Crippen molar-refractivity contribution in [3.8, 4) is 0 Å². The van der Waals surface area contributed by atoms with E-state index in [9.17, 15) is 19.2 Å². The van der Waals surface area contributed by atoms with Crippen LogP contribution < -0.4 is 0 Å². The number of carboxylic acid groups (broad SMARTS) is 4. The van der Waals surface area contributed by atoms with Crippen LogP contribution in [0.25, 0.3) is 0 Å². The third-order valence-corrected chi connectivity index (χ3v) is 6.03. The van der Waals surface area contributed by atoms with E-state index in [0.29, 0.717) is 0 Å². The standard InChI is InChI=1S/C13H18O8.2C5H12O4/c1-8(12(20)21)13(5-2-9(14)15,6-3-10(16)17)7-4-11(18)19;2*6-1-5(2-7,3-8)4-9/h1-7H2,(H,14,15)(H,16,17)(H,18,19)(H,20,21);2*6-9H,1-4H2. The molecule has 16 heteroatoms. The summed E-state index contributed by atoms with van der Waals surface area (Å²) in [6.07, 6.45) is -1.71. The zero-order chi connectivity index (χ0) is 31.3. The van der Waals surface area contributed by atoms with Crippen LogP contribution in [0, 0.1) is 16.2 Å². The van der Waals surface area contributed by atoms with Crippen LogP contribution in [0.4, 0.5) is 0 Å². The third kappa shape index (κ3) is 16.1. The molecule has 0 saturated heterocycles. The summed E-state index contributed by atoms with van der Waals surface area (Å²) in [7, 11) is 0. The van der Waals surface area contributed by atoms with Crippen molar-refractivity contribution < 1.29 is 80.5 Å². The van der Waals surface area contributed by atoms with Crippen LogP contribution in [0.2, 0.25) is 0 Å². The molecule has 12 N–H and O–H groups in total. The minimum absolute atomic E-state index is 0.173. The maximum Gasteiger partial charge on any atom is 0.331 e. The Bertz CT molecular complexity index is 642. The first kappa shape index (κ1) is 40.8. The molecule has 0 saturated carbocycles. The molecule has 0 aliphatic carbocycles. The highest BCUT2D eigenvalue weighted by molar-refractivity contribution is 5.88. The Hall–Kier alpha value is -2.70. The van der Waals surface area contributed by atoms with E-state index in [1.807, 2.05) is 0 Å². The largest absolute Gasteiger partial charge is 0.481 e. The van der Waals surface area contributed by atoms with Crippen LogP contribution in [0.15, 0.2) is 12.2 Å². The van der Waals surface area contributed by atoms with Crippen LogP contribution in [-0.4, -0.2) is 138 Å². The molecule has 0 bridgehead atoms. The fourth-order valence-electron chi connectivity index (χ4n) is 2.69. The van der Waals surface area contributed by atoms with E-state index in [-0.39, 0.29) is 24.8 Å². The predicted molar refractivity (Wildman–Crippen MR) is 131 cm³/mol. The molecule has 0 aliphatic rings. The first-order valence-electron chi connectivity index (χ1n) is 11.5. The zero-order valence-electron chi connectivity index (χ0n) is 21.6. The van der Waals surface area contributed by atoms with Gasteiger partial charge in [-0.3, -0.25) is 14.4 Å². The second-order valence-corrected chi connectivity index (χ2v) is 9.01. The molecule has 0 heterocycles. The summed E-state index contributed by atoms with van der Waals surface area (Å²) >= 11 is 0. The summed E-state index contributed by atoms with van der Waals surface area (Å²) in [6.45, 7) is 0.132. The molecule has 39 heavy (non-hydrogen) atoms. The van der Waals surface area contributed by atoms with Gasteiger partial charge in [0.25, 0.3) is 0 Å². The Morgan fingerprint density at radius 3 is 0.769 bits per heavy atom. The molecule has 16 nitrogen and oxygen atoms in total. The monoisotopic (exact) mass is 574 g/mol. The van der Waals surface area contributed by atoms with Crippen LogP contribution >= 0.6 is 0 Å². The average Bonchev–Trinajstić information content (AvgIpc) is 2.92. The molecule has 0 aromatic rings. The first-order valence-corrected chi connectivity index (χ1v) is 11.5. The topological polar surface area (TPSA) is 311 Å². The van der Waals surface area contributed by atoms with Gasteiger partial charge in [0.2, 0.25) is 0 Å². The molecule has 0 unspecified atom stereocenters. The summed E-state index contributed by atoms with van der Waals surface area (Å²) < 4.78 is 0. The lowest BCUT2D eigenvalue weighted by molar-refractivity contribution is -0.140. The summed E-state index contributed by atoms with van der Waals surface area (Å²) in [6, 6.07) is 0. The highest BCUT2D eigenvalue weighted by Crippen LogP contribution is 2.41. The van der Waals surface area contributed by atoms with Gasteiger partial charge >= 0.3 is 23.9 Å². The van der Waals surface area contributed by atoms with Crippen LogP contribution in [0.5, 0.6) is 0 Å². The smallest absolute Gasteiger partial charge is 0.331 e. The van der Waals surface area contributed by atoms with Gasteiger partial charge in [-0.05, 0) is 19.3 Å². The summed E-state index contributed by atoms with van der Waals surface area (Å²) in [4.78, 5) is 43.3. The minimum Gasteiger partial charge on any atom is -0.481 e. The SMILES string of the molecule is C=C(C(=O)O)C(CCC(=O)O)(CCC(=O)O)CCC(=O)O.OCC(CO)(CO)CO.OCC(CO)(CO)CO. The van der Waals surface area contributed by atoms with Crippen molar-refractivity contribution in [1.82, 2.24) is 0 Å². The number of aliphatic hydroxyl groups is 8. The van der Waals surface area contributed by atoms with Gasteiger partial charge in [0, 0.05) is 30.3 Å². The van der Waals surface area contributed by atoms with Gasteiger partial charge in [-0.2, -0.15) is 0 Å². The number of rotatable bonds is 19. The normalized spacial score (nSPS) is 11.4. The van der Waals surface area contributed by atoms with Gasteiger partial charge in [-0.15, -0.1) is 0 Å². The van der Waals surface area contributed by atoms with Crippen LogP contribution in [-0.2, 0) is 19.2 Å². The summed E-state index contributed by atoms with van der Waals surface area (Å²) in [5.74, 6) is -4.93. The molecular formula is C23H42O16. The Morgan fingerprint density at radius 2 is 0.667 bits per heavy atom. The maximum atomic E-state index is 11.1. The van der Waals surface area contributed by atoms with Gasteiger partial charge in [0.1, 0.15) is 0 Å². The Labute approximate surface area is 224 Å². The lowest BCUT2D eigenvalue weighted by Crippen LogP contribution is -2.37. The third-order valence-electron chi connectivity index (χ3n) is 6.03. The van der Waals surface area contributed by atoms with Crippen LogP contribution in [0.3, 0.4) is 0 Å². The van der Waals surface area contributed by atoms with Crippen LogP contribution in [0.1, 0.15) is 38.5 Å². The maximum absolute atomic E-state index is 11.1. The Morgan fingerprint density at radius 1 is 0.462 bits per heavy atom. The molecule has 0 spiro atoms. The van der Waals surface area contributed by atoms with E-state index in [2.05, 4.69) is 6.58 Å². The van der Waals surface area contributed by atoms with Crippen molar-refractivity contribution in [1.29, 1.82) is 0 Å². The molecular weight excluding hydrogens is 532 g/mol. The molecule has 0 rings (SSSR count). The van der Waals surface area contributed by atoms with E-state index in [1.54, 1.807) is 0 Å². The first-order chi connectivity index (χ1) is 18.1. The van der Waals surface area contributed by atoms with Gasteiger partial charge in [0.15, 0.2) is 0 Å².